The predicted molar refractivity (Wildman–Crippen MR) is 66.7 cm³/mol. The zero-order chi connectivity index (χ0) is 12.3. The van der Waals surface area contributed by atoms with Crippen molar-refractivity contribution in [2.75, 3.05) is 6.54 Å². The molecular formula is C14H19NO2. The first-order chi connectivity index (χ1) is 8.14. The number of carbonyl (C=O) groups excluding carboxylic acids is 1. The molecule has 1 unspecified atom stereocenters. The van der Waals surface area contributed by atoms with Crippen molar-refractivity contribution in [1.29, 1.82) is 0 Å². The quantitative estimate of drug-likeness (QED) is 0.830. The van der Waals surface area contributed by atoms with Crippen molar-refractivity contribution >= 4 is 5.91 Å². The van der Waals surface area contributed by atoms with Gasteiger partial charge in [-0.25, -0.2) is 0 Å². The van der Waals surface area contributed by atoms with Gasteiger partial charge in [-0.1, -0.05) is 36.8 Å². The molecule has 1 fully saturated rings. The summed E-state index contributed by atoms with van der Waals surface area (Å²) in [6.07, 6.45) is 2.50. The molecule has 1 aliphatic rings. The van der Waals surface area contributed by atoms with Crippen molar-refractivity contribution in [3.05, 3.63) is 35.9 Å². The predicted octanol–water partition coefficient (Wildman–Crippen LogP) is 1.61. The van der Waals surface area contributed by atoms with Crippen molar-refractivity contribution in [3.8, 4) is 0 Å². The van der Waals surface area contributed by atoms with Gasteiger partial charge in [0.25, 0.3) is 0 Å². The molecule has 0 saturated heterocycles. The van der Waals surface area contributed by atoms with Crippen LogP contribution >= 0.6 is 0 Å². The van der Waals surface area contributed by atoms with E-state index >= 15 is 0 Å². The van der Waals surface area contributed by atoms with Gasteiger partial charge in [0.05, 0.1) is 0 Å². The lowest BCUT2D eigenvalue weighted by Crippen LogP contribution is -2.47. The SMILES string of the molecule is CC(O)C(=O)NCC1(c2ccccc2)CCC1. The molecule has 1 aliphatic carbocycles. The first-order valence-corrected chi connectivity index (χ1v) is 6.15. The largest absolute Gasteiger partial charge is 0.384 e. The van der Waals surface area contributed by atoms with Gasteiger partial charge in [0.1, 0.15) is 6.10 Å². The second-order valence-electron chi connectivity index (χ2n) is 4.89. The number of carbonyl (C=O) groups is 1. The summed E-state index contributed by atoms with van der Waals surface area (Å²) in [5.74, 6) is -0.285. The van der Waals surface area contributed by atoms with Crippen LogP contribution in [0.5, 0.6) is 0 Å². The first kappa shape index (κ1) is 12.1. The number of hydrogen-bond acceptors (Lipinski definition) is 2. The Morgan fingerprint density at radius 3 is 2.53 bits per heavy atom. The van der Waals surface area contributed by atoms with E-state index in [0.717, 1.165) is 12.8 Å². The van der Waals surface area contributed by atoms with Crippen LogP contribution in [0.2, 0.25) is 0 Å². The third kappa shape index (κ3) is 2.50. The molecule has 2 rings (SSSR count). The minimum atomic E-state index is -0.928. The second kappa shape index (κ2) is 4.88. The van der Waals surface area contributed by atoms with Crippen molar-refractivity contribution in [2.24, 2.45) is 0 Å². The number of aliphatic hydroxyl groups excluding tert-OH is 1. The van der Waals surface area contributed by atoms with Gasteiger partial charge >= 0.3 is 0 Å². The van der Waals surface area contributed by atoms with Crippen LogP contribution in [-0.2, 0) is 10.2 Å². The average molecular weight is 233 g/mol. The molecule has 0 radical (unpaired) electrons. The van der Waals surface area contributed by atoms with Crippen LogP contribution in [0.4, 0.5) is 0 Å². The van der Waals surface area contributed by atoms with Gasteiger partial charge in [0, 0.05) is 12.0 Å². The van der Waals surface area contributed by atoms with E-state index in [1.807, 2.05) is 18.2 Å². The molecule has 0 bridgehead atoms. The van der Waals surface area contributed by atoms with E-state index < -0.39 is 6.10 Å². The Hall–Kier alpha value is -1.35. The molecule has 1 atom stereocenters. The Balaban J connectivity index is 2.04. The third-order valence-electron chi connectivity index (χ3n) is 3.68. The van der Waals surface area contributed by atoms with Gasteiger partial charge < -0.3 is 10.4 Å². The number of benzene rings is 1. The Labute approximate surface area is 102 Å². The molecule has 1 saturated carbocycles. The monoisotopic (exact) mass is 233 g/mol. The summed E-state index contributed by atoms with van der Waals surface area (Å²) in [5.41, 5.74) is 1.38. The van der Waals surface area contributed by atoms with Gasteiger partial charge in [0.15, 0.2) is 0 Å². The lowest BCUT2D eigenvalue weighted by atomic mass is 9.64. The molecule has 92 valence electrons. The average Bonchev–Trinajstić information content (AvgIpc) is 2.28. The summed E-state index contributed by atoms with van der Waals surface area (Å²) in [7, 11) is 0. The summed E-state index contributed by atoms with van der Waals surface area (Å²) in [5, 5.41) is 12.0. The zero-order valence-electron chi connectivity index (χ0n) is 10.1. The fourth-order valence-corrected chi connectivity index (χ4v) is 2.37. The summed E-state index contributed by atoms with van der Waals surface area (Å²) in [6, 6.07) is 10.3. The molecular weight excluding hydrogens is 214 g/mol. The maximum atomic E-state index is 11.4. The first-order valence-electron chi connectivity index (χ1n) is 6.15. The minimum Gasteiger partial charge on any atom is -0.384 e. The fourth-order valence-electron chi connectivity index (χ4n) is 2.37. The summed E-state index contributed by atoms with van der Waals surface area (Å²) in [6.45, 7) is 2.12. The smallest absolute Gasteiger partial charge is 0.248 e. The number of amides is 1. The van der Waals surface area contributed by atoms with Gasteiger partial charge in [-0.05, 0) is 25.3 Å². The van der Waals surface area contributed by atoms with Crippen LogP contribution in [0, 0.1) is 0 Å². The Morgan fingerprint density at radius 2 is 2.06 bits per heavy atom. The summed E-state index contributed by atoms with van der Waals surface area (Å²) >= 11 is 0. The van der Waals surface area contributed by atoms with E-state index in [2.05, 4.69) is 17.4 Å². The number of nitrogens with one attached hydrogen (secondary N) is 1. The summed E-state index contributed by atoms with van der Waals surface area (Å²) < 4.78 is 0. The highest BCUT2D eigenvalue weighted by atomic mass is 16.3. The van der Waals surface area contributed by atoms with Gasteiger partial charge in [-0.3, -0.25) is 4.79 Å². The van der Waals surface area contributed by atoms with E-state index in [9.17, 15) is 4.79 Å². The van der Waals surface area contributed by atoms with Crippen molar-refractivity contribution < 1.29 is 9.90 Å². The maximum Gasteiger partial charge on any atom is 0.248 e. The van der Waals surface area contributed by atoms with E-state index in [1.54, 1.807) is 0 Å². The standard InChI is InChI=1S/C14H19NO2/c1-11(16)13(17)15-10-14(8-5-9-14)12-6-3-2-4-7-12/h2-4,6-7,11,16H,5,8-10H2,1H3,(H,15,17). The Kier molecular flexibility index (Phi) is 3.48. The molecule has 1 aromatic rings. The fraction of sp³-hybridized carbons (Fsp3) is 0.500. The summed E-state index contributed by atoms with van der Waals surface area (Å²) in [4.78, 5) is 11.4. The molecule has 1 aromatic carbocycles. The number of aliphatic hydroxyl groups is 1. The van der Waals surface area contributed by atoms with Gasteiger partial charge in [-0.2, -0.15) is 0 Å². The van der Waals surface area contributed by atoms with Crippen LogP contribution in [-0.4, -0.2) is 23.7 Å². The van der Waals surface area contributed by atoms with Crippen LogP contribution in [0.15, 0.2) is 30.3 Å². The Morgan fingerprint density at radius 1 is 1.41 bits per heavy atom. The normalized spacial score (nSPS) is 19.2. The lowest BCUT2D eigenvalue weighted by molar-refractivity contribution is -0.128. The van der Waals surface area contributed by atoms with Crippen LogP contribution in [0.25, 0.3) is 0 Å². The lowest BCUT2D eigenvalue weighted by Gasteiger charge is -2.42. The van der Waals surface area contributed by atoms with Crippen molar-refractivity contribution in [2.45, 2.75) is 37.7 Å². The molecule has 0 spiro atoms. The molecule has 2 N–H and O–H groups in total. The molecule has 3 nitrogen and oxygen atoms in total. The van der Waals surface area contributed by atoms with Gasteiger partial charge in [-0.15, -0.1) is 0 Å². The molecule has 0 aliphatic heterocycles. The molecule has 3 heteroatoms. The minimum absolute atomic E-state index is 0.0891. The molecule has 0 aromatic heterocycles. The third-order valence-corrected chi connectivity index (χ3v) is 3.68. The van der Waals surface area contributed by atoms with Crippen LogP contribution < -0.4 is 5.32 Å². The van der Waals surface area contributed by atoms with E-state index in [-0.39, 0.29) is 11.3 Å². The number of rotatable bonds is 4. The van der Waals surface area contributed by atoms with E-state index in [4.69, 9.17) is 5.11 Å². The molecule has 17 heavy (non-hydrogen) atoms. The zero-order valence-corrected chi connectivity index (χ0v) is 10.1. The van der Waals surface area contributed by atoms with Crippen molar-refractivity contribution in [3.63, 3.8) is 0 Å². The highest BCUT2D eigenvalue weighted by Crippen LogP contribution is 2.43. The van der Waals surface area contributed by atoms with Crippen LogP contribution in [0.1, 0.15) is 31.7 Å². The topological polar surface area (TPSA) is 49.3 Å². The Bertz CT molecular complexity index is 382. The van der Waals surface area contributed by atoms with E-state index in [1.165, 1.54) is 18.9 Å². The highest BCUT2D eigenvalue weighted by Gasteiger charge is 2.38. The maximum absolute atomic E-state index is 11.4. The molecule has 0 heterocycles. The highest BCUT2D eigenvalue weighted by molar-refractivity contribution is 5.80. The van der Waals surface area contributed by atoms with E-state index in [0.29, 0.717) is 6.54 Å². The molecule has 1 amide bonds. The van der Waals surface area contributed by atoms with Crippen molar-refractivity contribution in [1.82, 2.24) is 5.32 Å². The van der Waals surface area contributed by atoms with Gasteiger partial charge in [0.2, 0.25) is 5.91 Å². The second-order valence-corrected chi connectivity index (χ2v) is 4.89. The number of hydrogen-bond donors (Lipinski definition) is 2. The van der Waals surface area contributed by atoms with Crippen LogP contribution in [0.3, 0.4) is 0 Å².